The Bertz CT molecular complexity index is 809. The van der Waals surface area contributed by atoms with E-state index < -0.39 is 17.6 Å². The van der Waals surface area contributed by atoms with Crippen LogP contribution in [0.2, 0.25) is 0 Å². The van der Waals surface area contributed by atoms with Gasteiger partial charge in [-0.1, -0.05) is 6.07 Å². The Morgan fingerprint density at radius 1 is 1.17 bits per heavy atom. The van der Waals surface area contributed by atoms with Crippen molar-refractivity contribution in [1.82, 2.24) is 16.0 Å². The van der Waals surface area contributed by atoms with Crippen LogP contribution in [0.25, 0.3) is 0 Å². The molecular weight excluding hydrogens is 388 g/mol. The molecule has 0 spiro atoms. The quantitative estimate of drug-likeness (QED) is 0.320. The summed E-state index contributed by atoms with van der Waals surface area (Å²) in [5.74, 6) is 0.611. The summed E-state index contributed by atoms with van der Waals surface area (Å²) in [6.45, 7) is 7.71. The fraction of sp³-hybridized carbons (Fsp3) is 0.476. The van der Waals surface area contributed by atoms with Crippen LogP contribution in [-0.2, 0) is 9.53 Å². The van der Waals surface area contributed by atoms with E-state index in [-0.39, 0.29) is 18.2 Å². The molecule has 0 aliphatic heterocycles. The highest BCUT2D eigenvalue weighted by Crippen LogP contribution is 2.29. The summed E-state index contributed by atoms with van der Waals surface area (Å²) in [7, 11) is 3.08. The Morgan fingerprint density at radius 2 is 1.83 bits per heavy atom. The van der Waals surface area contributed by atoms with Gasteiger partial charge in [0.2, 0.25) is 0 Å². The third-order valence-corrected chi connectivity index (χ3v) is 3.80. The smallest absolute Gasteiger partial charge is 0.407 e. The van der Waals surface area contributed by atoms with Crippen molar-refractivity contribution in [3.8, 4) is 17.6 Å². The maximum Gasteiger partial charge on any atom is 0.407 e. The van der Waals surface area contributed by atoms with E-state index in [1.807, 2.05) is 12.1 Å². The number of hydrogen-bond acceptors (Lipinski definition) is 7. The summed E-state index contributed by atoms with van der Waals surface area (Å²) >= 11 is 0. The van der Waals surface area contributed by atoms with Crippen LogP contribution < -0.4 is 25.4 Å². The lowest BCUT2D eigenvalue weighted by Crippen LogP contribution is -2.36. The summed E-state index contributed by atoms with van der Waals surface area (Å²) < 4.78 is 15.6. The summed E-state index contributed by atoms with van der Waals surface area (Å²) in [6, 6.07) is 6.82. The van der Waals surface area contributed by atoms with E-state index in [9.17, 15) is 14.9 Å². The van der Waals surface area contributed by atoms with Crippen LogP contribution in [0, 0.1) is 11.3 Å². The van der Waals surface area contributed by atoms with E-state index in [1.165, 1.54) is 13.3 Å². The van der Waals surface area contributed by atoms with Gasteiger partial charge >= 0.3 is 6.09 Å². The molecule has 0 radical (unpaired) electrons. The van der Waals surface area contributed by atoms with Gasteiger partial charge in [0.25, 0.3) is 5.91 Å². The van der Waals surface area contributed by atoms with E-state index in [4.69, 9.17) is 14.2 Å². The Labute approximate surface area is 177 Å². The van der Waals surface area contributed by atoms with Crippen LogP contribution in [0.3, 0.4) is 0 Å². The Kier molecular flexibility index (Phi) is 9.49. The third kappa shape index (κ3) is 8.31. The van der Waals surface area contributed by atoms with Crippen molar-refractivity contribution in [2.24, 2.45) is 0 Å². The van der Waals surface area contributed by atoms with Gasteiger partial charge in [-0.05, 0) is 45.4 Å². The third-order valence-electron chi connectivity index (χ3n) is 3.80. The molecule has 0 aliphatic carbocycles. The number of hydrogen-bond donors (Lipinski definition) is 3. The second kappa shape index (κ2) is 11.6. The lowest BCUT2D eigenvalue weighted by atomic mass is 10.1. The van der Waals surface area contributed by atoms with Gasteiger partial charge < -0.3 is 30.2 Å². The number of nitrogens with one attached hydrogen (secondary N) is 3. The number of amides is 2. The topological polar surface area (TPSA) is 122 Å². The molecule has 1 aromatic carbocycles. The molecule has 3 N–H and O–H groups in total. The summed E-state index contributed by atoms with van der Waals surface area (Å²) in [5.41, 5.74) is 0.140. The van der Waals surface area contributed by atoms with Gasteiger partial charge in [-0.15, -0.1) is 0 Å². The van der Waals surface area contributed by atoms with Gasteiger partial charge in [-0.25, -0.2) is 4.79 Å². The Morgan fingerprint density at radius 3 is 2.40 bits per heavy atom. The monoisotopic (exact) mass is 418 g/mol. The first-order chi connectivity index (χ1) is 14.1. The molecule has 30 heavy (non-hydrogen) atoms. The molecule has 0 saturated carbocycles. The average Bonchev–Trinajstić information content (AvgIpc) is 2.68. The molecule has 0 bridgehead atoms. The van der Waals surface area contributed by atoms with Gasteiger partial charge in [0.15, 0.2) is 11.5 Å². The van der Waals surface area contributed by atoms with Gasteiger partial charge in [-0.2, -0.15) is 5.26 Å². The summed E-state index contributed by atoms with van der Waals surface area (Å²) in [5, 5.41) is 17.4. The Hall–Kier alpha value is -3.41. The molecule has 1 rings (SSSR count). The highest BCUT2D eigenvalue weighted by molar-refractivity contribution is 5.97. The van der Waals surface area contributed by atoms with Crippen LogP contribution in [0.1, 0.15) is 39.3 Å². The number of nitrogens with zero attached hydrogens (tertiary/aromatic N) is 1. The van der Waals surface area contributed by atoms with E-state index in [1.54, 1.807) is 46.9 Å². The first-order valence-corrected chi connectivity index (χ1v) is 9.44. The molecule has 0 heterocycles. The number of rotatable bonds is 9. The molecule has 9 heteroatoms. The van der Waals surface area contributed by atoms with Crippen molar-refractivity contribution < 1.29 is 23.8 Å². The van der Waals surface area contributed by atoms with Crippen molar-refractivity contribution in [3.05, 3.63) is 35.5 Å². The number of carbonyl (C=O) groups is 2. The SMILES string of the molecule is COc1ccc(C(C)NC(=O)/C(C#N)=C\NCCNC(=O)OC(C)(C)C)cc1OC. The van der Waals surface area contributed by atoms with E-state index in [0.717, 1.165) is 5.56 Å². The predicted molar refractivity (Wildman–Crippen MR) is 112 cm³/mol. The molecule has 0 aliphatic rings. The highest BCUT2D eigenvalue weighted by atomic mass is 16.6. The van der Waals surface area contributed by atoms with Gasteiger partial charge in [0, 0.05) is 19.3 Å². The average molecular weight is 418 g/mol. The highest BCUT2D eigenvalue weighted by Gasteiger charge is 2.16. The van der Waals surface area contributed by atoms with E-state index in [2.05, 4.69) is 16.0 Å². The largest absolute Gasteiger partial charge is 0.493 e. The van der Waals surface area contributed by atoms with Gasteiger partial charge in [0.1, 0.15) is 17.2 Å². The fourth-order valence-electron chi connectivity index (χ4n) is 2.35. The number of carbonyl (C=O) groups excluding carboxylic acids is 2. The van der Waals surface area contributed by atoms with Crippen molar-refractivity contribution in [2.45, 2.75) is 39.3 Å². The Balaban J connectivity index is 2.58. The molecule has 0 saturated heterocycles. The van der Waals surface area contributed by atoms with Crippen LogP contribution in [0.15, 0.2) is 30.0 Å². The molecule has 164 valence electrons. The molecule has 0 aromatic heterocycles. The van der Waals surface area contributed by atoms with Crippen LogP contribution in [-0.4, -0.2) is 44.9 Å². The van der Waals surface area contributed by atoms with Gasteiger partial charge in [-0.3, -0.25) is 4.79 Å². The lowest BCUT2D eigenvalue weighted by molar-refractivity contribution is -0.117. The molecule has 2 amide bonds. The first-order valence-electron chi connectivity index (χ1n) is 9.44. The number of ether oxygens (including phenoxy) is 3. The zero-order chi connectivity index (χ0) is 22.7. The second-order valence-electron chi connectivity index (χ2n) is 7.36. The second-order valence-corrected chi connectivity index (χ2v) is 7.36. The number of nitriles is 1. The van der Waals surface area contributed by atoms with Crippen LogP contribution >= 0.6 is 0 Å². The van der Waals surface area contributed by atoms with Gasteiger partial charge in [0.05, 0.1) is 20.3 Å². The van der Waals surface area contributed by atoms with Crippen LogP contribution in [0.5, 0.6) is 11.5 Å². The van der Waals surface area contributed by atoms with E-state index >= 15 is 0 Å². The molecule has 1 aromatic rings. The van der Waals surface area contributed by atoms with Crippen molar-refractivity contribution >= 4 is 12.0 Å². The minimum Gasteiger partial charge on any atom is -0.493 e. The van der Waals surface area contributed by atoms with Crippen molar-refractivity contribution in [1.29, 1.82) is 5.26 Å². The van der Waals surface area contributed by atoms with Crippen LogP contribution in [0.4, 0.5) is 4.79 Å². The maximum absolute atomic E-state index is 12.4. The molecule has 0 fully saturated rings. The first kappa shape index (κ1) is 24.6. The number of methoxy groups -OCH3 is 2. The zero-order valence-electron chi connectivity index (χ0n) is 18.3. The van der Waals surface area contributed by atoms with E-state index in [0.29, 0.717) is 18.0 Å². The minimum absolute atomic E-state index is 0.0837. The normalized spacial score (nSPS) is 12.2. The number of alkyl carbamates (subject to hydrolysis) is 1. The maximum atomic E-state index is 12.4. The fourth-order valence-corrected chi connectivity index (χ4v) is 2.35. The molecular formula is C21H30N4O5. The molecule has 1 unspecified atom stereocenters. The zero-order valence-corrected chi connectivity index (χ0v) is 18.3. The predicted octanol–water partition coefficient (Wildman–Crippen LogP) is 2.40. The number of benzene rings is 1. The van der Waals surface area contributed by atoms with Crippen molar-refractivity contribution in [3.63, 3.8) is 0 Å². The molecule has 9 nitrogen and oxygen atoms in total. The lowest BCUT2D eigenvalue weighted by Gasteiger charge is -2.19. The standard InChI is InChI=1S/C21H30N4O5/c1-14(15-7-8-17(28-5)18(11-15)29-6)25-19(26)16(12-22)13-23-9-10-24-20(27)30-21(2,3)4/h7-8,11,13-14,23H,9-10H2,1-6H3,(H,24,27)(H,25,26)/b16-13-. The summed E-state index contributed by atoms with van der Waals surface area (Å²) in [4.78, 5) is 23.9. The molecule has 1 atom stereocenters. The van der Waals surface area contributed by atoms with Crippen molar-refractivity contribution in [2.75, 3.05) is 27.3 Å². The minimum atomic E-state index is -0.575. The summed E-state index contributed by atoms with van der Waals surface area (Å²) in [6.07, 6.45) is 0.781.